The normalized spacial score (nSPS) is 13.4. The third-order valence-corrected chi connectivity index (χ3v) is 5.26. The summed E-state index contributed by atoms with van der Waals surface area (Å²) in [6.45, 7) is 2.69. The number of amides is 1. The van der Waals surface area contributed by atoms with E-state index in [4.69, 9.17) is 35.9 Å². The van der Waals surface area contributed by atoms with Crippen molar-refractivity contribution < 1.29 is 28.5 Å². The Morgan fingerprint density at radius 1 is 1.00 bits per heavy atom. The number of nitrogens with zero attached hydrogens (tertiary/aromatic N) is 2. The van der Waals surface area contributed by atoms with E-state index in [0.29, 0.717) is 65.7 Å². The second-order valence-electron chi connectivity index (χ2n) is 6.74. The molecule has 1 aliphatic rings. The minimum Gasteiger partial charge on any atom is -0.493 e. The van der Waals surface area contributed by atoms with Crippen molar-refractivity contribution in [2.45, 2.75) is 0 Å². The molecule has 2 aromatic carbocycles. The summed E-state index contributed by atoms with van der Waals surface area (Å²) in [7, 11) is 6.23. The highest BCUT2D eigenvalue weighted by Gasteiger charge is 2.20. The van der Waals surface area contributed by atoms with Gasteiger partial charge in [0.1, 0.15) is 5.75 Å². The monoisotopic (exact) mass is 446 g/mol. The molecular weight excluding hydrogens is 420 g/mol. The van der Waals surface area contributed by atoms with Crippen molar-refractivity contribution >= 4 is 29.0 Å². The molecule has 0 aromatic heterocycles. The third kappa shape index (κ3) is 5.18. The van der Waals surface area contributed by atoms with Gasteiger partial charge in [0.05, 0.1) is 34.5 Å². The maximum absolute atomic E-state index is 13.1. The Morgan fingerprint density at radius 2 is 1.58 bits per heavy atom. The Kier molecular flexibility index (Phi) is 7.54. The number of hydrogen-bond acceptors (Lipinski definition) is 7. The Balaban J connectivity index is 1.73. The molecule has 9 heteroatoms. The van der Waals surface area contributed by atoms with Crippen LogP contribution in [0.4, 0.5) is 5.69 Å². The second kappa shape index (κ2) is 10.3. The van der Waals surface area contributed by atoms with Gasteiger partial charge in [0, 0.05) is 31.4 Å². The SMILES string of the molecule is COc1cc(C(=O)N(C)c2ccc(OC(=S)N3CCOCC3)cc2)cc(OC)c1OC. The Labute approximate surface area is 187 Å². The van der Waals surface area contributed by atoms with E-state index in [-0.39, 0.29) is 5.91 Å². The van der Waals surface area contributed by atoms with Crippen LogP contribution in [0, 0.1) is 0 Å². The molecule has 1 aliphatic heterocycles. The molecular formula is C22H26N2O6S. The molecule has 1 saturated heterocycles. The molecule has 0 spiro atoms. The van der Waals surface area contributed by atoms with Gasteiger partial charge >= 0.3 is 0 Å². The van der Waals surface area contributed by atoms with Crippen molar-refractivity contribution in [2.24, 2.45) is 0 Å². The summed E-state index contributed by atoms with van der Waals surface area (Å²) < 4.78 is 27.1. The van der Waals surface area contributed by atoms with Gasteiger partial charge in [-0.25, -0.2) is 0 Å². The fraction of sp³-hybridized carbons (Fsp3) is 0.364. The van der Waals surface area contributed by atoms with E-state index in [1.807, 2.05) is 4.90 Å². The molecule has 0 aliphatic carbocycles. The van der Waals surface area contributed by atoms with Gasteiger partial charge in [-0.15, -0.1) is 0 Å². The van der Waals surface area contributed by atoms with Crippen molar-refractivity contribution in [3.8, 4) is 23.0 Å². The molecule has 166 valence electrons. The fourth-order valence-corrected chi connectivity index (χ4v) is 3.44. The lowest BCUT2D eigenvalue weighted by Crippen LogP contribution is -2.42. The van der Waals surface area contributed by atoms with Crippen LogP contribution in [0.5, 0.6) is 23.0 Å². The van der Waals surface area contributed by atoms with Crippen molar-refractivity contribution in [3.63, 3.8) is 0 Å². The zero-order valence-corrected chi connectivity index (χ0v) is 18.9. The van der Waals surface area contributed by atoms with E-state index in [9.17, 15) is 4.79 Å². The molecule has 1 amide bonds. The van der Waals surface area contributed by atoms with Crippen LogP contribution in [0.25, 0.3) is 0 Å². The van der Waals surface area contributed by atoms with E-state index in [0.717, 1.165) is 0 Å². The average molecular weight is 447 g/mol. The molecule has 8 nitrogen and oxygen atoms in total. The first-order valence-electron chi connectivity index (χ1n) is 9.71. The first kappa shape index (κ1) is 22.6. The van der Waals surface area contributed by atoms with Gasteiger partial charge in [0.15, 0.2) is 11.5 Å². The van der Waals surface area contributed by atoms with Gasteiger partial charge in [-0.2, -0.15) is 0 Å². The van der Waals surface area contributed by atoms with Crippen LogP contribution in [0.2, 0.25) is 0 Å². The molecule has 0 N–H and O–H groups in total. The molecule has 0 atom stereocenters. The van der Waals surface area contributed by atoms with E-state index in [1.165, 1.54) is 26.2 Å². The lowest BCUT2D eigenvalue weighted by Gasteiger charge is -2.28. The van der Waals surface area contributed by atoms with E-state index in [1.54, 1.807) is 43.4 Å². The molecule has 31 heavy (non-hydrogen) atoms. The molecule has 2 aromatic rings. The molecule has 0 radical (unpaired) electrons. The number of rotatable bonds is 6. The van der Waals surface area contributed by atoms with Crippen molar-refractivity contribution in [2.75, 3.05) is 59.6 Å². The number of anilines is 1. The van der Waals surface area contributed by atoms with Crippen LogP contribution in [0.15, 0.2) is 36.4 Å². The minimum atomic E-state index is -0.225. The highest BCUT2D eigenvalue weighted by Crippen LogP contribution is 2.38. The number of thiocarbonyl (C=S) groups is 1. The zero-order valence-electron chi connectivity index (χ0n) is 18.0. The fourth-order valence-electron chi connectivity index (χ4n) is 3.16. The molecule has 0 saturated carbocycles. The predicted molar refractivity (Wildman–Crippen MR) is 121 cm³/mol. The first-order valence-corrected chi connectivity index (χ1v) is 10.1. The second-order valence-corrected chi connectivity index (χ2v) is 7.09. The van der Waals surface area contributed by atoms with Gasteiger partial charge in [0.2, 0.25) is 5.75 Å². The molecule has 0 unspecified atom stereocenters. The lowest BCUT2D eigenvalue weighted by atomic mass is 10.1. The number of carbonyl (C=O) groups excluding carboxylic acids is 1. The molecule has 1 heterocycles. The van der Waals surface area contributed by atoms with Crippen LogP contribution in [-0.2, 0) is 4.74 Å². The lowest BCUT2D eigenvalue weighted by molar-refractivity contribution is 0.0631. The molecule has 3 rings (SSSR count). The highest BCUT2D eigenvalue weighted by atomic mass is 32.1. The van der Waals surface area contributed by atoms with Crippen LogP contribution >= 0.6 is 12.2 Å². The van der Waals surface area contributed by atoms with Gasteiger partial charge in [-0.05, 0) is 48.6 Å². The summed E-state index contributed by atoms with van der Waals surface area (Å²) in [5.41, 5.74) is 1.11. The standard InChI is InChI=1S/C22H26N2O6S/c1-23(21(25)15-13-18(26-2)20(28-4)19(14-15)27-3)16-5-7-17(8-6-16)30-22(31)24-9-11-29-12-10-24/h5-8,13-14H,9-12H2,1-4H3. The summed E-state index contributed by atoms with van der Waals surface area (Å²) in [5.74, 6) is 1.64. The quantitative estimate of drug-likeness (QED) is 0.628. The van der Waals surface area contributed by atoms with Gasteiger partial charge < -0.3 is 33.5 Å². The number of hydrogen-bond donors (Lipinski definition) is 0. The summed E-state index contributed by atoms with van der Waals surface area (Å²) in [4.78, 5) is 16.6. The van der Waals surface area contributed by atoms with Crippen molar-refractivity contribution in [1.82, 2.24) is 4.90 Å². The summed E-state index contributed by atoms with van der Waals surface area (Å²) in [6.07, 6.45) is 0. The van der Waals surface area contributed by atoms with Crippen LogP contribution in [-0.4, -0.2) is 70.7 Å². The Morgan fingerprint density at radius 3 is 2.10 bits per heavy atom. The average Bonchev–Trinajstić information content (AvgIpc) is 2.83. The van der Waals surface area contributed by atoms with Crippen molar-refractivity contribution in [3.05, 3.63) is 42.0 Å². The van der Waals surface area contributed by atoms with Gasteiger partial charge in [0.25, 0.3) is 11.1 Å². The summed E-state index contributed by atoms with van der Waals surface area (Å²) in [6, 6.07) is 10.4. The topological polar surface area (TPSA) is 69.7 Å². The number of morpholine rings is 1. The summed E-state index contributed by atoms with van der Waals surface area (Å²) in [5, 5.41) is 0.415. The molecule has 1 fully saturated rings. The zero-order chi connectivity index (χ0) is 22.4. The predicted octanol–water partition coefficient (Wildman–Crippen LogP) is 2.98. The van der Waals surface area contributed by atoms with E-state index in [2.05, 4.69) is 0 Å². The van der Waals surface area contributed by atoms with Crippen molar-refractivity contribution in [1.29, 1.82) is 0 Å². The number of methoxy groups -OCH3 is 3. The summed E-state index contributed by atoms with van der Waals surface area (Å²) >= 11 is 5.36. The van der Waals surface area contributed by atoms with Crippen LogP contribution in [0.1, 0.15) is 10.4 Å². The largest absolute Gasteiger partial charge is 0.493 e. The maximum Gasteiger partial charge on any atom is 0.264 e. The van der Waals surface area contributed by atoms with Gasteiger partial charge in [-0.3, -0.25) is 4.79 Å². The molecule has 0 bridgehead atoms. The number of carbonyl (C=O) groups is 1. The van der Waals surface area contributed by atoms with Gasteiger partial charge in [-0.1, -0.05) is 0 Å². The maximum atomic E-state index is 13.1. The third-order valence-electron chi connectivity index (χ3n) is 4.91. The number of ether oxygens (including phenoxy) is 5. The van der Waals surface area contributed by atoms with E-state index >= 15 is 0 Å². The Hall–Kier alpha value is -3.04. The van der Waals surface area contributed by atoms with Crippen LogP contribution < -0.4 is 23.8 Å². The first-order chi connectivity index (χ1) is 15.0. The smallest absolute Gasteiger partial charge is 0.264 e. The van der Waals surface area contributed by atoms with Crippen LogP contribution in [0.3, 0.4) is 0 Å². The minimum absolute atomic E-state index is 0.225. The Bertz CT molecular complexity index is 903. The highest BCUT2D eigenvalue weighted by molar-refractivity contribution is 7.80. The van der Waals surface area contributed by atoms with E-state index < -0.39 is 0 Å². The number of benzene rings is 2.